The normalized spacial score (nSPS) is 18.4. The quantitative estimate of drug-likeness (QED) is 0.540. The van der Waals surface area contributed by atoms with E-state index in [1.165, 1.54) is 0 Å². The lowest BCUT2D eigenvalue weighted by molar-refractivity contribution is 0.446. The maximum atomic E-state index is 13.7. The highest BCUT2D eigenvalue weighted by Crippen LogP contribution is 2.44. The monoisotopic (exact) mass is 451 g/mol. The van der Waals surface area contributed by atoms with Gasteiger partial charge in [-0.3, -0.25) is 0 Å². The second-order valence-corrected chi connectivity index (χ2v) is 11.3. The van der Waals surface area contributed by atoms with Crippen molar-refractivity contribution in [1.29, 1.82) is 0 Å². The van der Waals surface area contributed by atoms with E-state index in [1.54, 1.807) is 34.6 Å². The molecule has 31 heavy (non-hydrogen) atoms. The van der Waals surface area contributed by atoms with Crippen molar-refractivity contribution >= 4 is 20.8 Å². The van der Waals surface area contributed by atoms with Crippen LogP contribution in [0.3, 0.4) is 0 Å². The Kier molecular flexibility index (Phi) is 5.97. The lowest BCUT2D eigenvalue weighted by atomic mass is 10.1. The van der Waals surface area contributed by atoms with Crippen LogP contribution in [0, 0.1) is 13.8 Å². The first-order valence-corrected chi connectivity index (χ1v) is 12.7. The zero-order valence-electron chi connectivity index (χ0n) is 17.8. The smallest absolute Gasteiger partial charge is 0.204 e. The van der Waals surface area contributed by atoms with Crippen molar-refractivity contribution in [2.75, 3.05) is 6.54 Å². The van der Waals surface area contributed by atoms with Gasteiger partial charge in [-0.1, -0.05) is 65.7 Å². The lowest BCUT2D eigenvalue weighted by Crippen LogP contribution is -2.29. The Hall–Kier alpha value is -2.54. The number of nitrogens with zero attached hydrogens (tertiary/aromatic N) is 1. The summed E-state index contributed by atoms with van der Waals surface area (Å²) in [5.41, 5.74) is 3.70. The van der Waals surface area contributed by atoms with Gasteiger partial charge in [0.15, 0.2) is 0 Å². The third-order valence-corrected chi connectivity index (χ3v) is 9.01. The van der Waals surface area contributed by atoms with Gasteiger partial charge in [0, 0.05) is 6.54 Å². The molecule has 0 aliphatic carbocycles. The highest BCUT2D eigenvalue weighted by Gasteiger charge is 2.42. The molecule has 0 fully saturated rings. The minimum Gasteiger partial charge on any atom is -0.237 e. The Morgan fingerprint density at radius 3 is 1.94 bits per heavy atom. The van der Waals surface area contributed by atoms with E-state index in [9.17, 15) is 12.6 Å². The number of benzene rings is 3. The summed E-state index contributed by atoms with van der Waals surface area (Å²) in [5, 5.41) is 0. The van der Waals surface area contributed by atoms with Crippen LogP contribution in [0.15, 0.2) is 99.1 Å². The van der Waals surface area contributed by atoms with Gasteiger partial charge in [-0.2, -0.15) is 0 Å². The van der Waals surface area contributed by atoms with Crippen molar-refractivity contribution in [3.63, 3.8) is 0 Å². The molecule has 0 saturated heterocycles. The van der Waals surface area contributed by atoms with E-state index >= 15 is 0 Å². The van der Waals surface area contributed by atoms with E-state index in [0.717, 1.165) is 22.3 Å². The van der Waals surface area contributed by atoms with Gasteiger partial charge in [-0.25, -0.2) is 16.9 Å². The number of hydrogen-bond acceptors (Lipinski definition) is 3. The largest absolute Gasteiger partial charge is 0.237 e. The van der Waals surface area contributed by atoms with Gasteiger partial charge in [-0.15, -0.1) is 0 Å². The van der Waals surface area contributed by atoms with Crippen LogP contribution in [0.5, 0.6) is 0 Å². The Balaban J connectivity index is 1.84. The van der Waals surface area contributed by atoms with E-state index in [0.29, 0.717) is 16.3 Å². The van der Waals surface area contributed by atoms with Gasteiger partial charge >= 0.3 is 0 Å². The first-order valence-electron chi connectivity index (χ1n) is 10.1. The third kappa shape index (κ3) is 4.15. The van der Waals surface area contributed by atoms with Crippen molar-refractivity contribution in [2.24, 2.45) is 0 Å². The van der Waals surface area contributed by atoms with E-state index in [4.69, 9.17) is 0 Å². The van der Waals surface area contributed by atoms with Crippen LogP contribution < -0.4 is 0 Å². The highest BCUT2D eigenvalue weighted by molar-refractivity contribution is 7.95. The SMILES string of the molecule is CC1=C(S(=O)(=O)c2ccccc2)[C@H](c2ccc(C)cc2)N(S(=O)c2ccc(C)cc2)C1. The Labute approximate surface area is 186 Å². The molecule has 0 radical (unpaired) electrons. The molecule has 4 rings (SSSR count). The van der Waals surface area contributed by atoms with Crippen molar-refractivity contribution < 1.29 is 12.6 Å². The van der Waals surface area contributed by atoms with Crippen LogP contribution in [-0.2, 0) is 20.8 Å². The summed E-state index contributed by atoms with van der Waals surface area (Å²) in [6, 6.07) is 23.2. The Morgan fingerprint density at radius 2 is 1.35 bits per heavy atom. The van der Waals surface area contributed by atoms with Crippen LogP contribution in [0.1, 0.15) is 29.7 Å². The van der Waals surface area contributed by atoms with E-state index < -0.39 is 26.9 Å². The van der Waals surface area contributed by atoms with Gasteiger partial charge in [0.05, 0.1) is 20.7 Å². The predicted molar refractivity (Wildman–Crippen MR) is 125 cm³/mol. The standard InChI is InChI=1S/C25H25NO3S2/c1-18-9-13-21(14-10-18)24-25(31(28,29)23-7-5-4-6-8-23)20(3)17-26(24)30(27)22-15-11-19(2)12-16-22/h4-16,24H,17H2,1-3H3/t24-,30?/m0/s1. The molecular weight excluding hydrogens is 426 g/mol. The number of hydrogen-bond donors (Lipinski definition) is 0. The molecule has 6 heteroatoms. The Morgan fingerprint density at radius 1 is 0.806 bits per heavy atom. The van der Waals surface area contributed by atoms with E-state index in [2.05, 4.69) is 0 Å². The lowest BCUT2D eigenvalue weighted by Gasteiger charge is -2.26. The van der Waals surface area contributed by atoms with Crippen molar-refractivity contribution in [3.05, 3.63) is 106 Å². The second kappa shape index (κ2) is 8.54. The number of aryl methyl sites for hydroxylation is 2. The average molecular weight is 452 g/mol. The van der Waals surface area contributed by atoms with E-state index in [-0.39, 0.29) is 4.90 Å². The molecule has 0 bridgehead atoms. The predicted octanol–water partition coefficient (Wildman–Crippen LogP) is 5.13. The van der Waals surface area contributed by atoms with Crippen LogP contribution in [0.25, 0.3) is 0 Å². The second-order valence-electron chi connectivity index (χ2n) is 7.91. The molecular formula is C25H25NO3S2. The summed E-state index contributed by atoms with van der Waals surface area (Å²) in [7, 11) is -5.26. The van der Waals surface area contributed by atoms with Crippen LogP contribution in [0.2, 0.25) is 0 Å². The molecule has 3 aromatic rings. The van der Waals surface area contributed by atoms with Gasteiger partial charge in [0.2, 0.25) is 9.84 Å². The average Bonchev–Trinajstić information content (AvgIpc) is 3.13. The summed E-state index contributed by atoms with van der Waals surface area (Å²) < 4.78 is 42.7. The molecule has 1 aliphatic rings. The number of sulfone groups is 1. The molecule has 1 aliphatic heterocycles. The maximum absolute atomic E-state index is 13.7. The van der Waals surface area contributed by atoms with Crippen LogP contribution >= 0.6 is 0 Å². The van der Waals surface area contributed by atoms with Gasteiger partial charge in [0.25, 0.3) is 0 Å². The van der Waals surface area contributed by atoms with Crippen molar-refractivity contribution in [3.8, 4) is 0 Å². The molecule has 0 spiro atoms. The summed E-state index contributed by atoms with van der Waals surface area (Å²) in [6.45, 7) is 6.11. The molecule has 3 aromatic carbocycles. The van der Waals surface area contributed by atoms with Crippen molar-refractivity contribution in [2.45, 2.75) is 36.6 Å². The van der Waals surface area contributed by atoms with Crippen LogP contribution in [0.4, 0.5) is 0 Å². The first-order chi connectivity index (χ1) is 14.8. The summed E-state index contributed by atoms with van der Waals surface area (Å²) >= 11 is 0. The molecule has 4 nitrogen and oxygen atoms in total. The molecule has 1 heterocycles. The molecule has 0 aromatic heterocycles. The molecule has 1 unspecified atom stereocenters. The van der Waals surface area contributed by atoms with Gasteiger partial charge < -0.3 is 0 Å². The first kappa shape index (κ1) is 21.7. The molecule has 0 saturated carbocycles. The fraction of sp³-hybridized carbons (Fsp3) is 0.200. The highest BCUT2D eigenvalue weighted by atomic mass is 32.2. The summed E-state index contributed by atoms with van der Waals surface area (Å²) in [5.74, 6) is 0. The fourth-order valence-electron chi connectivity index (χ4n) is 3.88. The maximum Gasteiger partial charge on any atom is 0.204 e. The molecule has 0 N–H and O–H groups in total. The van der Waals surface area contributed by atoms with Crippen molar-refractivity contribution in [1.82, 2.24) is 4.31 Å². The third-order valence-electron chi connectivity index (χ3n) is 5.52. The number of rotatable bonds is 5. The minimum absolute atomic E-state index is 0.254. The summed E-state index contributed by atoms with van der Waals surface area (Å²) in [4.78, 5) is 1.24. The molecule has 160 valence electrons. The molecule has 2 atom stereocenters. The fourth-order valence-corrected chi connectivity index (χ4v) is 7.17. The molecule has 0 amide bonds. The van der Waals surface area contributed by atoms with E-state index in [1.807, 2.05) is 69.3 Å². The van der Waals surface area contributed by atoms with Gasteiger partial charge in [0.1, 0.15) is 11.0 Å². The van der Waals surface area contributed by atoms with Gasteiger partial charge in [-0.05, 0) is 56.2 Å². The van der Waals surface area contributed by atoms with Crippen LogP contribution in [-0.4, -0.2) is 23.5 Å². The Bertz CT molecular complexity index is 1250. The zero-order valence-corrected chi connectivity index (χ0v) is 19.4. The zero-order chi connectivity index (χ0) is 22.2. The topological polar surface area (TPSA) is 54.5 Å². The minimum atomic E-state index is -3.75. The summed E-state index contributed by atoms with van der Waals surface area (Å²) in [6.07, 6.45) is 0.